The second-order valence-electron chi connectivity index (χ2n) is 2.56. The van der Waals surface area contributed by atoms with Gasteiger partial charge in [-0.2, -0.15) is 0 Å². The first-order valence-electron chi connectivity index (χ1n) is 3.92. The molecule has 0 spiro atoms. The standard InChI is InChI=1S/C7H14N2O2/c10-7-11-6-5-9-3-1-8-2-4-9/h7-8H,1-6H2. The molecule has 0 saturated carbocycles. The number of piperazine rings is 1. The van der Waals surface area contributed by atoms with E-state index in [1.165, 1.54) is 0 Å². The molecule has 1 N–H and O–H groups in total. The first kappa shape index (κ1) is 8.49. The summed E-state index contributed by atoms with van der Waals surface area (Å²) in [6.07, 6.45) is 0. The lowest BCUT2D eigenvalue weighted by Gasteiger charge is -2.26. The van der Waals surface area contributed by atoms with Gasteiger partial charge in [0.2, 0.25) is 0 Å². The summed E-state index contributed by atoms with van der Waals surface area (Å²) in [5.41, 5.74) is 0. The number of hydrogen-bond donors (Lipinski definition) is 1. The molecule has 1 rings (SSSR count). The largest absolute Gasteiger partial charge is 0.467 e. The van der Waals surface area contributed by atoms with Crippen LogP contribution in [0.15, 0.2) is 0 Å². The Morgan fingerprint density at radius 2 is 2.18 bits per heavy atom. The van der Waals surface area contributed by atoms with Crippen molar-refractivity contribution in [2.24, 2.45) is 0 Å². The van der Waals surface area contributed by atoms with E-state index >= 15 is 0 Å². The highest BCUT2D eigenvalue weighted by atomic mass is 16.5. The minimum Gasteiger partial charge on any atom is -0.467 e. The molecule has 0 aromatic heterocycles. The summed E-state index contributed by atoms with van der Waals surface area (Å²) in [7, 11) is 0. The van der Waals surface area contributed by atoms with Crippen LogP contribution in [0, 0.1) is 0 Å². The second kappa shape index (κ2) is 5.09. The maximum atomic E-state index is 9.79. The fraction of sp³-hybridized carbons (Fsp3) is 0.857. The average molecular weight is 158 g/mol. The van der Waals surface area contributed by atoms with Crippen LogP contribution in [0.2, 0.25) is 0 Å². The first-order chi connectivity index (χ1) is 5.43. The molecule has 1 heterocycles. The molecule has 1 aliphatic heterocycles. The number of carbonyl (C=O) groups is 1. The Labute approximate surface area is 66.5 Å². The van der Waals surface area contributed by atoms with Gasteiger partial charge in [0.05, 0.1) is 0 Å². The fourth-order valence-corrected chi connectivity index (χ4v) is 1.16. The van der Waals surface area contributed by atoms with Crippen LogP contribution in [-0.4, -0.2) is 50.7 Å². The molecule has 11 heavy (non-hydrogen) atoms. The highest BCUT2D eigenvalue weighted by Gasteiger charge is 2.07. The van der Waals surface area contributed by atoms with E-state index in [4.69, 9.17) is 0 Å². The summed E-state index contributed by atoms with van der Waals surface area (Å²) in [4.78, 5) is 12.1. The Bertz CT molecular complexity index is 113. The smallest absolute Gasteiger partial charge is 0.293 e. The van der Waals surface area contributed by atoms with Crippen LogP contribution in [0.1, 0.15) is 0 Å². The maximum Gasteiger partial charge on any atom is 0.293 e. The van der Waals surface area contributed by atoms with Crippen LogP contribution in [0.4, 0.5) is 0 Å². The van der Waals surface area contributed by atoms with Crippen molar-refractivity contribution in [3.8, 4) is 0 Å². The minimum atomic E-state index is 0.502. The van der Waals surface area contributed by atoms with Gasteiger partial charge in [0.25, 0.3) is 6.47 Å². The summed E-state index contributed by atoms with van der Waals surface area (Å²) >= 11 is 0. The van der Waals surface area contributed by atoms with Gasteiger partial charge in [-0.05, 0) is 0 Å². The Morgan fingerprint density at radius 3 is 2.82 bits per heavy atom. The molecular weight excluding hydrogens is 144 g/mol. The molecule has 1 aliphatic rings. The lowest BCUT2D eigenvalue weighted by atomic mass is 10.4. The van der Waals surface area contributed by atoms with Gasteiger partial charge in [-0.3, -0.25) is 9.69 Å². The molecule has 0 aromatic rings. The van der Waals surface area contributed by atoms with E-state index in [9.17, 15) is 4.79 Å². The summed E-state index contributed by atoms with van der Waals surface area (Å²) in [6, 6.07) is 0. The van der Waals surface area contributed by atoms with E-state index in [2.05, 4.69) is 15.0 Å². The van der Waals surface area contributed by atoms with Gasteiger partial charge < -0.3 is 10.1 Å². The molecule has 4 nitrogen and oxygen atoms in total. The summed E-state index contributed by atoms with van der Waals surface area (Å²) in [5.74, 6) is 0. The van der Waals surface area contributed by atoms with Gasteiger partial charge in [0.15, 0.2) is 0 Å². The minimum absolute atomic E-state index is 0.502. The van der Waals surface area contributed by atoms with Gasteiger partial charge in [-0.25, -0.2) is 0 Å². The maximum absolute atomic E-state index is 9.79. The van der Waals surface area contributed by atoms with Gasteiger partial charge in [0, 0.05) is 32.7 Å². The van der Waals surface area contributed by atoms with Crippen LogP contribution in [0.25, 0.3) is 0 Å². The van der Waals surface area contributed by atoms with Gasteiger partial charge in [-0.15, -0.1) is 0 Å². The zero-order valence-electron chi connectivity index (χ0n) is 6.58. The Morgan fingerprint density at radius 1 is 1.45 bits per heavy atom. The van der Waals surface area contributed by atoms with Crippen LogP contribution in [-0.2, 0) is 9.53 Å². The third-order valence-electron chi connectivity index (χ3n) is 1.80. The molecule has 0 radical (unpaired) electrons. The van der Waals surface area contributed by atoms with Crippen LogP contribution in [0.5, 0.6) is 0 Å². The Balaban J connectivity index is 2.00. The summed E-state index contributed by atoms with van der Waals surface area (Å²) in [6.45, 7) is 6.08. The van der Waals surface area contributed by atoms with E-state index in [-0.39, 0.29) is 0 Å². The third-order valence-corrected chi connectivity index (χ3v) is 1.80. The SMILES string of the molecule is O=COCCN1CCNCC1. The highest BCUT2D eigenvalue weighted by molar-refractivity contribution is 5.36. The van der Waals surface area contributed by atoms with Crippen LogP contribution < -0.4 is 5.32 Å². The van der Waals surface area contributed by atoms with Crippen LogP contribution in [0.3, 0.4) is 0 Å². The molecule has 0 bridgehead atoms. The average Bonchev–Trinajstić information content (AvgIpc) is 2.07. The van der Waals surface area contributed by atoms with Gasteiger partial charge in [0.1, 0.15) is 6.61 Å². The molecule has 0 atom stereocenters. The van der Waals surface area contributed by atoms with Crippen LogP contribution >= 0.6 is 0 Å². The van der Waals surface area contributed by atoms with Crippen molar-refractivity contribution in [3.05, 3.63) is 0 Å². The Hall–Kier alpha value is -0.610. The number of hydrogen-bond acceptors (Lipinski definition) is 4. The Kier molecular flexibility index (Phi) is 3.93. The zero-order valence-corrected chi connectivity index (χ0v) is 6.58. The lowest BCUT2D eigenvalue weighted by molar-refractivity contribution is -0.129. The molecule has 0 amide bonds. The topological polar surface area (TPSA) is 41.6 Å². The molecule has 0 unspecified atom stereocenters. The number of rotatable bonds is 4. The number of nitrogens with zero attached hydrogens (tertiary/aromatic N) is 1. The van der Waals surface area contributed by atoms with Crippen molar-refractivity contribution in [3.63, 3.8) is 0 Å². The second-order valence-corrected chi connectivity index (χ2v) is 2.56. The van der Waals surface area contributed by atoms with Gasteiger partial charge in [-0.1, -0.05) is 0 Å². The van der Waals surface area contributed by atoms with Crippen molar-refractivity contribution >= 4 is 6.47 Å². The predicted octanol–water partition coefficient (Wildman–Crippen LogP) is -0.935. The zero-order chi connectivity index (χ0) is 7.94. The van der Waals surface area contributed by atoms with E-state index in [1.807, 2.05) is 0 Å². The van der Waals surface area contributed by atoms with Crippen molar-refractivity contribution in [2.45, 2.75) is 0 Å². The summed E-state index contributed by atoms with van der Waals surface area (Å²) in [5, 5.41) is 3.25. The van der Waals surface area contributed by atoms with Crippen molar-refractivity contribution < 1.29 is 9.53 Å². The van der Waals surface area contributed by atoms with Crippen molar-refractivity contribution in [2.75, 3.05) is 39.3 Å². The molecule has 1 saturated heterocycles. The molecular formula is C7H14N2O2. The predicted molar refractivity (Wildman–Crippen MR) is 41.3 cm³/mol. The number of nitrogens with one attached hydrogen (secondary N) is 1. The fourth-order valence-electron chi connectivity index (χ4n) is 1.16. The van der Waals surface area contributed by atoms with E-state index in [1.54, 1.807) is 0 Å². The van der Waals surface area contributed by atoms with E-state index in [0.29, 0.717) is 13.1 Å². The van der Waals surface area contributed by atoms with Crippen molar-refractivity contribution in [1.82, 2.24) is 10.2 Å². The molecule has 0 aliphatic carbocycles. The first-order valence-corrected chi connectivity index (χ1v) is 3.92. The van der Waals surface area contributed by atoms with Crippen molar-refractivity contribution in [1.29, 1.82) is 0 Å². The van der Waals surface area contributed by atoms with E-state index in [0.717, 1.165) is 32.7 Å². The van der Waals surface area contributed by atoms with Gasteiger partial charge >= 0.3 is 0 Å². The number of carbonyl (C=O) groups excluding carboxylic acids is 1. The normalized spacial score (nSPS) is 19.6. The molecule has 64 valence electrons. The third kappa shape index (κ3) is 3.34. The highest BCUT2D eigenvalue weighted by Crippen LogP contribution is 1.90. The quantitative estimate of drug-likeness (QED) is 0.424. The lowest BCUT2D eigenvalue weighted by Crippen LogP contribution is -2.44. The molecule has 4 heteroatoms. The van der Waals surface area contributed by atoms with E-state index < -0.39 is 0 Å². The molecule has 0 aromatic carbocycles. The monoisotopic (exact) mass is 158 g/mol. The molecule has 1 fully saturated rings. The number of ether oxygens (including phenoxy) is 1. The summed E-state index contributed by atoms with van der Waals surface area (Å²) < 4.78 is 4.59.